The first-order chi connectivity index (χ1) is 10.1. The fraction of sp³-hybridized carbons (Fsp3) is 0.733. The molecule has 2 heterocycles. The van der Waals surface area contributed by atoms with E-state index in [9.17, 15) is 4.79 Å². The predicted octanol–water partition coefficient (Wildman–Crippen LogP) is 2.13. The fourth-order valence-electron chi connectivity index (χ4n) is 2.56. The number of carbonyl (C=O) groups is 1. The van der Waals surface area contributed by atoms with E-state index in [1.54, 1.807) is 10.9 Å². The minimum atomic E-state index is -0.129. The van der Waals surface area contributed by atoms with E-state index in [2.05, 4.69) is 15.7 Å². The minimum absolute atomic E-state index is 0.0413. The zero-order valence-electron chi connectivity index (χ0n) is 13.0. The third kappa shape index (κ3) is 5.38. The molecular weight excluding hydrogens is 268 g/mol. The standard InChI is InChI=1S/C15H26N4O2/c1-12(13-10-17-19(2)11-13)18-15(20)16-8-5-7-14-6-3-4-9-21-14/h10-12,14H,3-9H2,1-2H3,(H2,16,18,20)/t12-,14-/m1/s1. The van der Waals surface area contributed by atoms with Crippen molar-refractivity contribution in [2.75, 3.05) is 13.2 Å². The summed E-state index contributed by atoms with van der Waals surface area (Å²) in [5, 5.41) is 9.91. The molecule has 2 N–H and O–H groups in total. The van der Waals surface area contributed by atoms with E-state index in [4.69, 9.17) is 4.74 Å². The van der Waals surface area contributed by atoms with Crippen molar-refractivity contribution in [2.24, 2.45) is 7.05 Å². The van der Waals surface area contributed by atoms with Crippen LogP contribution in [0.15, 0.2) is 12.4 Å². The molecule has 21 heavy (non-hydrogen) atoms. The summed E-state index contributed by atoms with van der Waals surface area (Å²) >= 11 is 0. The van der Waals surface area contributed by atoms with Crippen LogP contribution < -0.4 is 10.6 Å². The second-order valence-electron chi connectivity index (χ2n) is 5.70. The first-order valence-corrected chi connectivity index (χ1v) is 7.79. The maximum Gasteiger partial charge on any atom is 0.315 e. The molecule has 1 aliphatic rings. The van der Waals surface area contributed by atoms with Crippen molar-refractivity contribution in [1.29, 1.82) is 0 Å². The molecule has 0 aromatic carbocycles. The number of aryl methyl sites for hydroxylation is 1. The number of urea groups is 1. The summed E-state index contributed by atoms with van der Waals surface area (Å²) in [7, 11) is 1.86. The van der Waals surface area contributed by atoms with Gasteiger partial charge in [-0.15, -0.1) is 0 Å². The summed E-state index contributed by atoms with van der Waals surface area (Å²) < 4.78 is 7.40. The van der Waals surface area contributed by atoms with Gasteiger partial charge in [-0.2, -0.15) is 5.10 Å². The highest BCUT2D eigenvalue weighted by molar-refractivity contribution is 5.74. The van der Waals surface area contributed by atoms with Gasteiger partial charge in [-0.25, -0.2) is 4.79 Å². The van der Waals surface area contributed by atoms with Crippen LogP contribution in [0.3, 0.4) is 0 Å². The van der Waals surface area contributed by atoms with Crippen LogP contribution in [0, 0.1) is 0 Å². The molecule has 2 amide bonds. The van der Waals surface area contributed by atoms with Crippen LogP contribution in [0.2, 0.25) is 0 Å². The van der Waals surface area contributed by atoms with Gasteiger partial charge in [-0.05, 0) is 39.0 Å². The third-order valence-corrected chi connectivity index (χ3v) is 3.83. The summed E-state index contributed by atoms with van der Waals surface area (Å²) in [6.07, 6.45) is 9.65. The van der Waals surface area contributed by atoms with Crippen molar-refractivity contribution in [3.8, 4) is 0 Å². The lowest BCUT2D eigenvalue weighted by atomic mass is 10.0. The molecular formula is C15H26N4O2. The Morgan fingerprint density at radius 3 is 3.10 bits per heavy atom. The molecule has 0 saturated carbocycles. The van der Waals surface area contributed by atoms with E-state index in [1.807, 2.05) is 20.2 Å². The molecule has 6 nitrogen and oxygen atoms in total. The molecule has 0 bridgehead atoms. The fourth-order valence-corrected chi connectivity index (χ4v) is 2.56. The minimum Gasteiger partial charge on any atom is -0.378 e. The van der Waals surface area contributed by atoms with Crippen LogP contribution in [0.25, 0.3) is 0 Å². The average Bonchev–Trinajstić information content (AvgIpc) is 2.91. The number of rotatable bonds is 6. The number of carbonyl (C=O) groups excluding carboxylic acids is 1. The van der Waals surface area contributed by atoms with E-state index in [1.165, 1.54) is 12.8 Å². The Hall–Kier alpha value is -1.56. The largest absolute Gasteiger partial charge is 0.378 e. The Kier molecular flexibility index (Phi) is 6.04. The third-order valence-electron chi connectivity index (χ3n) is 3.83. The second-order valence-corrected chi connectivity index (χ2v) is 5.70. The quantitative estimate of drug-likeness (QED) is 0.790. The number of nitrogens with zero attached hydrogens (tertiary/aromatic N) is 2. The lowest BCUT2D eigenvalue weighted by molar-refractivity contribution is 0.0103. The van der Waals surface area contributed by atoms with Gasteiger partial charge in [0.1, 0.15) is 0 Å². The Morgan fingerprint density at radius 2 is 2.43 bits per heavy atom. The number of hydrogen-bond donors (Lipinski definition) is 2. The predicted molar refractivity (Wildman–Crippen MR) is 81.0 cm³/mol. The monoisotopic (exact) mass is 294 g/mol. The first-order valence-electron chi connectivity index (χ1n) is 7.79. The lowest BCUT2D eigenvalue weighted by Crippen LogP contribution is -2.37. The van der Waals surface area contributed by atoms with Gasteiger partial charge in [0.25, 0.3) is 0 Å². The molecule has 2 rings (SSSR count). The van der Waals surface area contributed by atoms with Gasteiger partial charge in [0, 0.05) is 32.0 Å². The van der Waals surface area contributed by atoms with Gasteiger partial charge < -0.3 is 15.4 Å². The van der Waals surface area contributed by atoms with Gasteiger partial charge in [-0.3, -0.25) is 4.68 Å². The summed E-state index contributed by atoms with van der Waals surface area (Å²) in [6.45, 7) is 3.53. The van der Waals surface area contributed by atoms with E-state index < -0.39 is 0 Å². The van der Waals surface area contributed by atoms with Crippen molar-refractivity contribution in [1.82, 2.24) is 20.4 Å². The molecule has 0 aliphatic carbocycles. The Balaban J connectivity index is 1.58. The lowest BCUT2D eigenvalue weighted by Gasteiger charge is -2.22. The molecule has 1 aliphatic heterocycles. The van der Waals surface area contributed by atoms with Gasteiger partial charge in [-0.1, -0.05) is 0 Å². The van der Waals surface area contributed by atoms with Crippen molar-refractivity contribution in [3.05, 3.63) is 18.0 Å². The number of nitrogens with one attached hydrogen (secondary N) is 2. The number of hydrogen-bond acceptors (Lipinski definition) is 3. The van der Waals surface area contributed by atoms with Crippen LogP contribution in [0.1, 0.15) is 50.6 Å². The van der Waals surface area contributed by atoms with Crippen molar-refractivity contribution in [2.45, 2.75) is 51.2 Å². The zero-order chi connectivity index (χ0) is 15.1. The number of amides is 2. The van der Waals surface area contributed by atoms with Crippen LogP contribution in [-0.2, 0) is 11.8 Å². The smallest absolute Gasteiger partial charge is 0.315 e. The van der Waals surface area contributed by atoms with Crippen molar-refractivity contribution >= 4 is 6.03 Å². The number of ether oxygens (including phenoxy) is 1. The van der Waals surface area contributed by atoms with Gasteiger partial charge in [0.2, 0.25) is 0 Å². The molecule has 1 aromatic heterocycles. The topological polar surface area (TPSA) is 68.2 Å². The molecule has 0 radical (unpaired) electrons. The van der Waals surface area contributed by atoms with Crippen LogP contribution >= 0.6 is 0 Å². The highest BCUT2D eigenvalue weighted by atomic mass is 16.5. The normalized spacial score (nSPS) is 20.0. The van der Waals surface area contributed by atoms with Gasteiger partial charge in [0.05, 0.1) is 18.3 Å². The molecule has 1 aromatic rings. The van der Waals surface area contributed by atoms with Crippen LogP contribution in [-0.4, -0.2) is 35.1 Å². The average molecular weight is 294 g/mol. The SMILES string of the molecule is C[C@@H](NC(=O)NCCC[C@H]1CCCCO1)c1cnn(C)c1. The Labute approximate surface area is 126 Å². The maximum atomic E-state index is 11.8. The molecule has 6 heteroatoms. The summed E-state index contributed by atoms with van der Waals surface area (Å²) in [5.74, 6) is 0. The van der Waals surface area contributed by atoms with Crippen LogP contribution in [0.5, 0.6) is 0 Å². The highest BCUT2D eigenvalue weighted by Gasteiger charge is 2.14. The summed E-state index contributed by atoms with van der Waals surface area (Å²) in [5.41, 5.74) is 1.00. The zero-order valence-corrected chi connectivity index (χ0v) is 13.0. The van der Waals surface area contributed by atoms with E-state index >= 15 is 0 Å². The van der Waals surface area contributed by atoms with Crippen LogP contribution in [0.4, 0.5) is 4.79 Å². The first kappa shape index (κ1) is 15.8. The molecule has 0 unspecified atom stereocenters. The molecule has 0 spiro atoms. The van der Waals surface area contributed by atoms with E-state index in [-0.39, 0.29) is 12.1 Å². The highest BCUT2D eigenvalue weighted by Crippen LogP contribution is 2.16. The second kappa shape index (κ2) is 8.02. The molecule has 1 saturated heterocycles. The van der Waals surface area contributed by atoms with Crippen molar-refractivity contribution < 1.29 is 9.53 Å². The van der Waals surface area contributed by atoms with E-state index in [0.29, 0.717) is 12.6 Å². The maximum absolute atomic E-state index is 11.8. The molecule has 2 atom stereocenters. The summed E-state index contributed by atoms with van der Waals surface area (Å²) in [4.78, 5) is 11.8. The van der Waals surface area contributed by atoms with E-state index in [0.717, 1.165) is 31.4 Å². The molecule has 1 fully saturated rings. The van der Waals surface area contributed by atoms with Gasteiger partial charge >= 0.3 is 6.03 Å². The Morgan fingerprint density at radius 1 is 1.57 bits per heavy atom. The number of aromatic nitrogens is 2. The molecule has 118 valence electrons. The van der Waals surface area contributed by atoms with Gasteiger partial charge in [0.15, 0.2) is 0 Å². The summed E-state index contributed by atoms with van der Waals surface area (Å²) in [6, 6.07) is -0.170. The van der Waals surface area contributed by atoms with Crippen molar-refractivity contribution in [3.63, 3.8) is 0 Å². The Bertz CT molecular complexity index is 441.